The van der Waals surface area contributed by atoms with E-state index in [1.807, 2.05) is 6.08 Å². The molecule has 2 fully saturated rings. The third-order valence-electron chi connectivity index (χ3n) is 12.1. The average Bonchev–Trinajstić information content (AvgIpc) is 3.61. The van der Waals surface area contributed by atoms with Crippen LogP contribution in [0.25, 0.3) is 0 Å². The summed E-state index contributed by atoms with van der Waals surface area (Å²) in [5.41, 5.74) is 5.58. The van der Waals surface area contributed by atoms with Crippen molar-refractivity contribution < 1.29 is 28.5 Å². The standard InChI is InChI=1S/C49H88N2O6/c1-6-9-28-44(4)41-47(52)54-39-26-22-18-14-12-16-20-24-32-49(56-43-46(57-49)31-34-51-37-35-50(5)36-38-51)33-25-21-17-13-15-19-23-27-40-55-48(53)42-45(29-10-7-2)30-11-8-3/h29,44-46H,2,6,8-9,11-28,30-43H2,1,3-5H3. The molecule has 330 valence electrons. The van der Waals surface area contributed by atoms with E-state index < -0.39 is 5.79 Å². The largest absolute Gasteiger partial charge is 0.466 e. The van der Waals surface area contributed by atoms with Crippen LogP contribution in [-0.4, -0.2) is 93.2 Å². The van der Waals surface area contributed by atoms with Gasteiger partial charge < -0.3 is 28.7 Å². The number of ether oxygens (including phenoxy) is 4. The van der Waals surface area contributed by atoms with Gasteiger partial charge in [0.05, 0.1) is 32.3 Å². The zero-order chi connectivity index (χ0) is 41.2. The molecule has 4 atom stereocenters. The minimum absolute atomic E-state index is 0.0218. The van der Waals surface area contributed by atoms with Crippen LogP contribution in [0.1, 0.15) is 194 Å². The van der Waals surface area contributed by atoms with Crippen molar-refractivity contribution in [2.24, 2.45) is 11.8 Å². The number of carbonyl (C=O) groups excluding carboxylic acids is 2. The maximum Gasteiger partial charge on any atom is 0.306 e. The Kier molecular flexibility index (Phi) is 30.4. The van der Waals surface area contributed by atoms with Crippen LogP contribution in [0.4, 0.5) is 0 Å². The number of carbonyl (C=O) groups is 2. The monoisotopic (exact) mass is 801 g/mol. The fourth-order valence-electron chi connectivity index (χ4n) is 8.19. The van der Waals surface area contributed by atoms with Gasteiger partial charge in [0.2, 0.25) is 0 Å². The van der Waals surface area contributed by atoms with Gasteiger partial charge in [-0.1, -0.05) is 141 Å². The van der Waals surface area contributed by atoms with Crippen molar-refractivity contribution in [3.8, 4) is 0 Å². The topological polar surface area (TPSA) is 77.5 Å². The quantitative estimate of drug-likeness (QED) is 0.0352. The highest BCUT2D eigenvalue weighted by atomic mass is 16.7. The van der Waals surface area contributed by atoms with E-state index in [4.69, 9.17) is 18.9 Å². The zero-order valence-electron chi connectivity index (χ0n) is 37.6. The van der Waals surface area contributed by atoms with E-state index in [1.165, 1.54) is 77.0 Å². The molecule has 8 nitrogen and oxygen atoms in total. The summed E-state index contributed by atoms with van der Waals surface area (Å²) in [5, 5.41) is 0. The Morgan fingerprint density at radius 3 is 1.79 bits per heavy atom. The van der Waals surface area contributed by atoms with E-state index in [-0.39, 0.29) is 24.0 Å². The first-order valence-electron chi connectivity index (χ1n) is 23.9. The lowest BCUT2D eigenvalue weighted by Crippen LogP contribution is -2.45. The SMILES string of the molecule is C=C=C=CC(CCCC)CC(=O)OCCCCCCCCCCC1(CCCCCCCCCCOC(=O)CC(C)CCCC)OCC(CCN2CCN(C)CC2)O1. The molecule has 2 aliphatic heterocycles. The Hall–Kier alpha value is -1.92. The second-order valence-corrected chi connectivity index (χ2v) is 17.5. The van der Waals surface area contributed by atoms with Gasteiger partial charge in [0.25, 0.3) is 0 Å². The smallest absolute Gasteiger partial charge is 0.306 e. The van der Waals surface area contributed by atoms with Crippen LogP contribution >= 0.6 is 0 Å². The van der Waals surface area contributed by atoms with Crippen molar-refractivity contribution in [3.63, 3.8) is 0 Å². The van der Waals surface area contributed by atoms with E-state index in [0.29, 0.717) is 32.0 Å². The molecule has 0 aromatic rings. The van der Waals surface area contributed by atoms with E-state index in [9.17, 15) is 9.59 Å². The fourth-order valence-corrected chi connectivity index (χ4v) is 8.19. The molecule has 0 radical (unpaired) electrons. The molecule has 2 heterocycles. The molecule has 0 aromatic carbocycles. The van der Waals surface area contributed by atoms with Gasteiger partial charge in [-0.05, 0) is 70.1 Å². The van der Waals surface area contributed by atoms with E-state index in [2.05, 4.69) is 55.7 Å². The van der Waals surface area contributed by atoms with Crippen molar-refractivity contribution in [2.75, 3.05) is 59.6 Å². The van der Waals surface area contributed by atoms with Crippen molar-refractivity contribution in [1.82, 2.24) is 9.80 Å². The highest BCUT2D eigenvalue weighted by molar-refractivity contribution is 5.70. The Labute approximate surface area is 350 Å². The van der Waals surface area contributed by atoms with Gasteiger partial charge in [-0.15, -0.1) is 0 Å². The van der Waals surface area contributed by atoms with Gasteiger partial charge in [0.15, 0.2) is 5.79 Å². The van der Waals surface area contributed by atoms with Crippen molar-refractivity contribution in [3.05, 3.63) is 24.1 Å². The number of allylic oxidation sites excluding steroid dienone is 1. The second kappa shape index (κ2) is 33.9. The Bertz CT molecular complexity index is 1100. The summed E-state index contributed by atoms with van der Waals surface area (Å²) in [6, 6.07) is 0. The molecule has 4 unspecified atom stereocenters. The first kappa shape index (κ1) is 51.2. The molecular weight excluding hydrogens is 713 g/mol. The number of likely N-dealkylation sites (N-methyl/N-ethyl adjacent to an activating group) is 1. The van der Waals surface area contributed by atoms with Gasteiger partial charge in [0.1, 0.15) is 0 Å². The number of esters is 2. The summed E-state index contributed by atoms with van der Waals surface area (Å²) in [4.78, 5) is 29.4. The minimum Gasteiger partial charge on any atom is -0.466 e. The van der Waals surface area contributed by atoms with Crippen LogP contribution in [0, 0.1) is 11.8 Å². The molecule has 0 saturated carbocycles. The van der Waals surface area contributed by atoms with Crippen LogP contribution in [0.2, 0.25) is 0 Å². The molecule has 0 amide bonds. The molecule has 2 saturated heterocycles. The third kappa shape index (κ3) is 26.7. The average molecular weight is 801 g/mol. The number of piperazine rings is 1. The maximum absolute atomic E-state index is 12.3. The fraction of sp³-hybridized carbons (Fsp3) is 0.878. The number of hydrogen-bond acceptors (Lipinski definition) is 8. The van der Waals surface area contributed by atoms with Gasteiger partial charge in [-0.25, -0.2) is 0 Å². The molecule has 0 bridgehead atoms. The Balaban J connectivity index is 1.59. The first-order valence-corrected chi connectivity index (χ1v) is 23.9. The molecular formula is C49H88N2O6. The lowest BCUT2D eigenvalue weighted by atomic mass is 9.98. The number of unbranched alkanes of at least 4 members (excludes halogenated alkanes) is 16. The normalized spacial score (nSPS) is 19.8. The molecule has 57 heavy (non-hydrogen) atoms. The van der Waals surface area contributed by atoms with E-state index in [1.54, 1.807) is 0 Å². The number of nitrogens with zero attached hydrogens (tertiary/aromatic N) is 2. The number of rotatable bonds is 36. The van der Waals surface area contributed by atoms with Crippen LogP contribution in [0.15, 0.2) is 24.1 Å². The lowest BCUT2D eigenvalue weighted by molar-refractivity contribution is -0.180. The summed E-state index contributed by atoms with van der Waals surface area (Å²) in [6.07, 6.45) is 31.8. The van der Waals surface area contributed by atoms with Gasteiger partial charge >= 0.3 is 11.9 Å². The predicted octanol–water partition coefficient (Wildman–Crippen LogP) is 11.8. The van der Waals surface area contributed by atoms with Crippen LogP contribution < -0.4 is 0 Å². The van der Waals surface area contributed by atoms with Crippen molar-refractivity contribution in [1.29, 1.82) is 0 Å². The summed E-state index contributed by atoms with van der Waals surface area (Å²) in [5.74, 6) is 0.0739. The molecule has 0 N–H and O–H groups in total. The van der Waals surface area contributed by atoms with Crippen LogP contribution in [-0.2, 0) is 28.5 Å². The van der Waals surface area contributed by atoms with Crippen molar-refractivity contribution in [2.45, 2.75) is 206 Å². The summed E-state index contributed by atoms with van der Waals surface area (Å²) >= 11 is 0. The van der Waals surface area contributed by atoms with Gasteiger partial charge in [-0.3, -0.25) is 9.59 Å². The summed E-state index contributed by atoms with van der Waals surface area (Å²) in [6.45, 7) is 17.6. The molecule has 8 heteroatoms. The first-order chi connectivity index (χ1) is 27.8. The maximum atomic E-state index is 12.3. The number of hydrogen-bond donors (Lipinski definition) is 0. The Morgan fingerprint density at radius 1 is 0.737 bits per heavy atom. The molecule has 2 aliphatic rings. The van der Waals surface area contributed by atoms with Crippen molar-refractivity contribution >= 4 is 11.9 Å². The van der Waals surface area contributed by atoms with E-state index >= 15 is 0 Å². The molecule has 0 spiro atoms. The van der Waals surface area contributed by atoms with Crippen LogP contribution in [0.3, 0.4) is 0 Å². The van der Waals surface area contributed by atoms with E-state index in [0.717, 1.165) is 123 Å². The summed E-state index contributed by atoms with van der Waals surface area (Å²) < 4.78 is 24.4. The molecule has 0 aromatic heterocycles. The highest BCUT2D eigenvalue weighted by Gasteiger charge is 2.40. The lowest BCUT2D eigenvalue weighted by Gasteiger charge is -2.33. The Morgan fingerprint density at radius 2 is 1.25 bits per heavy atom. The third-order valence-corrected chi connectivity index (χ3v) is 12.1. The van der Waals surface area contributed by atoms with Crippen LogP contribution in [0.5, 0.6) is 0 Å². The van der Waals surface area contributed by atoms with Gasteiger partial charge in [0, 0.05) is 52.0 Å². The highest BCUT2D eigenvalue weighted by Crippen LogP contribution is 2.36. The summed E-state index contributed by atoms with van der Waals surface area (Å²) in [7, 11) is 2.22. The molecule has 2 rings (SSSR count). The molecule has 0 aliphatic carbocycles. The zero-order valence-corrected chi connectivity index (χ0v) is 37.6. The predicted molar refractivity (Wildman–Crippen MR) is 235 cm³/mol. The second-order valence-electron chi connectivity index (χ2n) is 17.5. The minimum atomic E-state index is -0.399. The van der Waals surface area contributed by atoms with Gasteiger partial charge in [-0.2, -0.15) is 0 Å².